The van der Waals surface area contributed by atoms with Crippen molar-refractivity contribution in [3.05, 3.63) is 0 Å². The average Bonchev–Trinajstić information content (AvgIpc) is 3.21. The van der Waals surface area contributed by atoms with Gasteiger partial charge in [0.15, 0.2) is 0 Å². The summed E-state index contributed by atoms with van der Waals surface area (Å²) in [4.78, 5) is 43.9. The summed E-state index contributed by atoms with van der Waals surface area (Å²) in [5.41, 5.74) is -0.595. The fourth-order valence-corrected chi connectivity index (χ4v) is 5.18. The van der Waals surface area contributed by atoms with E-state index in [1.54, 1.807) is 20.8 Å². The number of nitrogens with zero attached hydrogens (tertiary/aromatic N) is 4. The SMILES string of the molecule is COC(=O)CCN1CCN(CC2CN(CCCC3CCN(C(=N)NC(=O)OC(C)(C)C)CC3)C(=O)O2)CC1. The predicted molar refractivity (Wildman–Crippen MR) is 142 cm³/mol. The summed E-state index contributed by atoms with van der Waals surface area (Å²) in [6.07, 6.45) is 3.37. The van der Waals surface area contributed by atoms with Crippen molar-refractivity contribution in [2.75, 3.05) is 72.6 Å². The van der Waals surface area contributed by atoms with Crippen LogP contribution in [0.25, 0.3) is 0 Å². The van der Waals surface area contributed by atoms with E-state index in [0.29, 0.717) is 25.4 Å². The Morgan fingerprint density at radius 2 is 1.71 bits per heavy atom. The highest BCUT2D eigenvalue weighted by Crippen LogP contribution is 2.23. The van der Waals surface area contributed by atoms with Crippen LogP contribution in [0.4, 0.5) is 9.59 Å². The molecule has 0 aromatic rings. The molecule has 0 aromatic heterocycles. The number of carbonyl (C=O) groups excluding carboxylic acids is 3. The second kappa shape index (κ2) is 14.0. The van der Waals surface area contributed by atoms with Gasteiger partial charge < -0.3 is 28.9 Å². The fraction of sp³-hybridized carbons (Fsp3) is 0.846. The standard InChI is InChI=1S/C26H46N6O6/c1-26(2,3)38-24(34)28-23(27)31-12-7-20(8-13-31)6-5-10-32-19-21(37-25(32)35)18-30-16-14-29(15-17-30)11-9-22(33)36-4/h20-21H,5-19H2,1-4H3,(H2,27,28,34). The number of piperidine rings is 1. The molecule has 0 bridgehead atoms. The van der Waals surface area contributed by atoms with Gasteiger partial charge in [0.25, 0.3) is 0 Å². The van der Waals surface area contributed by atoms with Crippen LogP contribution in [0.3, 0.4) is 0 Å². The van der Waals surface area contributed by atoms with Crippen molar-refractivity contribution in [2.24, 2.45) is 5.92 Å². The smallest absolute Gasteiger partial charge is 0.414 e. The first kappa shape index (κ1) is 29.9. The van der Waals surface area contributed by atoms with Crippen molar-refractivity contribution < 1.29 is 28.6 Å². The molecule has 0 radical (unpaired) electrons. The van der Waals surface area contributed by atoms with Gasteiger partial charge >= 0.3 is 18.2 Å². The molecule has 0 spiro atoms. The molecule has 216 valence electrons. The minimum atomic E-state index is -0.599. The first-order valence-electron chi connectivity index (χ1n) is 13.8. The van der Waals surface area contributed by atoms with Gasteiger partial charge in [-0.1, -0.05) is 0 Å². The van der Waals surface area contributed by atoms with E-state index in [9.17, 15) is 14.4 Å². The molecule has 3 rings (SSSR count). The summed E-state index contributed by atoms with van der Waals surface area (Å²) < 4.78 is 15.6. The highest BCUT2D eigenvalue weighted by molar-refractivity contribution is 5.92. The van der Waals surface area contributed by atoms with E-state index in [0.717, 1.165) is 78.0 Å². The molecule has 12 nitrogen and oxygen atoms in total. The summed E-state index contributed by atoms with van der Waals surface area (Å²) in [6.45, 7) is 13.2. The van der Waals surface area contributed by atoms with Crippen LogP contribution in [0.5, 0.6) is 0 Å². The first-order chi connectivity index (χ1) is 18.0. The maximum atomic E-state index is 12.4. The normalized spacial score (nSPS) is 21.8. The number of carbonyl (C=O) groups is 3. The predicted octanol–water partition coefficient (Wildman–Crippen LogP) is 1.94. The third-order valence-electron chi connectivity index (χ3n) is 7.33. The van der Waals surface area contributed by atoms with Gasteiger partial charge in [-0.25, -0.2) is 9.59 Å². The molecule has 1 atom stereocenters. The van der Waals surface area contributed by atoms with Crippen molar-refractivity contribution in [3.63, 3.8) is 0 Å². The number of nitrogens with one attached hydrogen (secondary N) is 2. The number of alkyl carbamates (subject to hydrolysis) is 1. The zero-order valence-corrected chi connectivity index (χ0v) is 23.5. The van der Waals surface area contributed by atoms with Gasteiger partial charge in [0, 0.05) is 58.9 Å². The van der Waals surface area contributed by atoms with Crippen LogP contribution in [0, 0.1) is 11.3 Å². The highest BCUT2D eigenvalue weighted by atomic mass is 16.6. The number of ether oxygens (including phenoxy) is 3. The van der Waals surface area contributed by atoms with Gasteiger partial charge in [0.1, 0.15) is 11.7 Å². The molecule has 3 heterocycles. The quantitative estimate of drug-likeness (QED) is 0.196. The van der Waals surface area contributed by atoms with Crippen LogP contribution >= 0.6 is 0 Å². The number of esters is 1. The second-order valence-corrected chi connectivity index (χ2v) is 11.5. The number of cyclic esters (lactones) is 1. The van der Waals surface area contributed by atoms with Crippen LogP contribution < -0.4 is 5.32 Å². The second-order valence-electron chi connectivity index (χ2n) is 11.5. The first-order valence-corrected chi connectivity index (χ1v) is 13.8. The largest absolute Gasteiger partial charge is 0.469 e. The number of rotatable bonds is 9. The van der Waals surface area contributed by atoms with Crippen molar-refractivity contribution in [3.8, 4) is 0 Å². The zero-order valence-electron chi connectivity index (χ0n) is 23.5. The molecule has 2 N–H and O–H groups in total. The number of piperazine rings is 1. The van der Waals surface area contributed by atoms with Crippen molar-refractivity contribution in [1.29, 1.82) is 5.41 Å². The van der Waals surface area contributed by atoms with Crippen molar-refractivity contribution in [1.82, 2.24) is 24.9 Å². The minimum Gasteiger partial charge on any atom is -0.469 e. The summed E-state index contributed by atoms with van der Waals surface area (Å²) >= 11 is 0. The molecule has 2 amide bonds. The number of hydrogen-bond donors (Lipinski definition) is 2. The van der Waals surface area contributed by atoms with Crippen LogP contribution in [-0.2, 0) is 19.0 Å². The Balaban J connectivity index is 1.27. The monoisotopic (exact) mass is 538 g/mol. The third-order valence-corrected chi connectivity index (χ3v) is 7.33. The Bertz CT molecular complexity index is 818. The summed E-state index contributed by atoms with van der Waals surface area (Å²) in [5.74, 6) is 0.459. The third kappa shape index (κ3) is 9.94. The Labute approximate surface area is 226 Å². The fourth-order valence-electron chi connectivity index (χ4n) is 5.18. The molecule has 0 saturated carbocycles. The average molecular weight is 539 g/mol. The van der Waals surface area contributed by atoms with Gasteiger partial charge in [0.05, 0.1) is 20.1 Å². The maximum Gasteiger partial charge on any atom is 0.414 e. The number of methoxy groups -OCH3 is 1. The van der Waals surface area contributed by atoms with Gasteiger partial charge in [-0.15, -0.1) is 0 Å². The minimum absolute atomic E-state index is 0.0890. The molecule has 1 unspecified atom stereocenters. The van der Waals surface area contributed by atoms with Crippen LogP contribution in [0.2, 0.25) is 0 Å². The lowest BCUT2D eigenvalue weighted by Gasteiger charge is -2.35. The van der Waals surface area contributed by atoms with Crippen LogP contribution in [0.15, 0.2) is 0 Å². The number of amides is 2. The Morgan fingerprint density at radius 1 is 1.05 bits per heavy atom. The van der Waals surface area contributed by atoms with E-state index in [4.69, 9.17) is 19.6 Å². The Morgan fingerprint density at radius 3 is 2.34 bits per heavy atom. The van der Waals surface area contributed by atoms with E-state index in [1.165, 1.54) is 7.11 Å². The van der Waals surface area contributed by atoms with E-state index in [2.05, 4.69) is 15.1 Å². The van der Waals surface area contributed by atoms with E-state index in [-0.39, 0.29) is 24.1 Å². The van der Waals surface area contributed by atoms with Gasteiger partial charge in [-0.3, -0.25) is 20.4 Å². The summed E-state index contributed by atoms with van der Waals surface area (Å²) in [7, 11) is 1.42. The van der Waals surface area contributed by atoms with Gasteiger partial charge in [-0.2, -0.15) is 0 Å². The van der Waals surface area contributed by atoms with E-state index < -0.39 is 11.7 Å². The molecular weight excluding hydrogens is 492 g/mol. The van der Waals surface area contributed by atoms with Crippen molar-refractivity contribution >= 4 is 24.1 Å². The lowest BCUT2D eigenvalue weighted by atomic mass is 9.92. The number of likely N-dealkylation sites (tertiary alicyclic amines) is 1. The molecule has 3 aliphatic rings. The van der Waals surface area contributed by atoms with E-state index in [1.807, 2.05) is 9.80 Å². The molecule has 3 fully saturated rings. The number of guanidine groups is 1. The summed E-state index contributed by atoms with van der Waals surface area (Å²) in [5, 5.41) is 10.7. The van der Waals surface area contributed by atoms with E-state index >= 15 is 0 Å². The zero-order chi connectivity index (χ0) is 27.7. The Hall–Kier alpha value is -2.60. The van der Waals surface area contributed by atoms with Crippen molar-refractivity contribution in [2.45, 2.75) is 64.6 Å². The Kier molecular flexibility index (Phi) is 11.0. The highest BCUT2D eigenvalue weighted by Gasteiger charge is 2.33. The molecule has 3 aliphatic heterocycles. The molecule has 0 aliphatic carbocycles. The lowest BCUT2D eigenvalue weighted by Crippen LogP contribution is -2.49. The topological polar surface area (TPSA) is 128 Å². The molecule has 38 heavy (non-hydrogen) atoms. The summed E-state index contributed by atoms with van der Waals surface area (Å²) in [6, 6.07) is 0. The maximum absolute atomic E-state index is 12.4. The molecule has 12 heteroatoms. The number of hydrogen-bond acceptors (Lipinski definition) is 9. The lowest BCUT2D eigenvalue weighted by molar-refractivity contribution is -0.141. The van der Waals surface area contributed by atoms with Crippen LogP contribution in [-0.4, -0.2) is 128 Å². The molecule has 0 aromatic carbocycles. The van der Waals surface area contributed by atoms with Crippen LogP contribution in [0.1, 0.15) is 52.9 Å². The van der Waals surface area contributed by atoms with Gasteiger partial charge in [-0.05, 0) is 52.4 Å². The van der Waals surface area contributed by atoms with Gasteiger partial charge in [0.2, 0.25) is 5.96 Å². The molecular formula is C26H46N6O6. The molecule has 3 saturated heterocycles.